The number of carbonyl (C=O) groups excluding carboxylic acids is 2. The Kier molecular flexibility index (Phi) is 7.19. The predicted octanol–water partition coefficient (Wildman–Crippen LogP) is 5.31. The minimum Gasteiger partial charge on any atom is -0.322 e. The van der Waals surface area contributed by atoms with Crippen LogP contribution in [0.1, 0.15) is 33.2 Å². The van der Waals surface area contributed by atoms with Crippen LogP contribution in [0.3, 0.4) is 0 Å². The molecule has 8 nitrogen and oxygen atoms in total. The van der Waals surface area contributed by atoms with E-state index >= 15 is 0 Å². The Morgan fingerprint density at radius 1 is 0.938 bits per heavy atom. The summed E-state index contributed by atoms with van der Waals surface area (Å²) < 4.78 is 0. The van der Waals surface area contributed by atoms with Crippen molar-refractivity contribution in [1.29, 1.82) is 0 Å². The zero-order chi connectivity index (χ0) is 23.3. The van der Waals surface area contributed by atoms with Crippen molar-refractivity contribution in [2.75, 3.05) is 5.32 Å². The van der Waals surface area contributed by atoms with Crippen LogP contribution < -0.4 is 10.7 Å². The van der Waals surface area contributed by atoms with Gasteiger partial charge in [-0.2, -0.15) is 5.10 Å². The van der Waals surface area contributed by atoms with Crippen LogP contribution in [0.2, 0.25) is 10.0 Å². The van der Waals surface area contributed by atoms with Crippen molar-refractivity contribution in [3.63, 3.8) is 0 Å². The number of hydrogen-bond donors (Lipinski definition) is 2. The van der Waals surface area contributed by atoms with E-state index in [1.807, 2.05) is 0 Å². The van der Waals surface area contributed by atoms with E-state index < -0.39 is 16.7 Å². The molecule has 3 aromatic rings. The fraction of sp³-hybridized carbons (Fsp3) is 0.0455. The number of para-hydroxylation sites is 1. The van der Waals surface area contributed by atoms with E-state index in [9.17, 15) is 19.7 Å². The number of rotatable bonds is 6. The summed E-state index contributed by atoms with van der Waals surface area (Å²) in [5, 5.41) is 18.5. The van der Waals surface area contributed by atoms with Crippen LogP contribution in [0.4, 0.5) is 11.4 Å². The van der Waals surface area contributed by atoms with Crippen LogP contribution >= 0.6 is 23.2 Å². The first kappa shape index (κ1) is 22.9. The van der Waals surface area contributed by atoms with E-state index in [-0.39, 0.29) is 21.8 Å². The van der Waals surface area contributed by atoms with Crippen molar-refractivity contribution in [2.45, 2.75) is 6.92 Å². The number of anilines is 1. The summed E-state index contributed by atoms with van der Waals surface area (Å²) in [4.78, 5) is 35.3. The summed E-state index contributed by atoms with van der Waals surface area (Å²) in [7, 11) is 0. The van der Waals surface area contributed by atoms with E-state index in [0.717, 1.165) is 0 Å². The third-order valence-electron chi connectivity index (χ3n) is 4.38. The van der Waals surface area contributed by atoms with Crippen molar-refractivity contribution in [3.05, 3.63) is 104 Å². The number of nitrogens with one attached hydrogen (secondary N) is 2. The van der Waals surface area contributed by atoms with Gasteiger partial charge in [-0.05, 0) is 48.9 Å². The fourth-order valence-corrected chi connectivity index (χ4v) is 3.27. The molecule has 0 aromatic heterocycles. The Labute approximate surface area is 193 Å². The van der Waals surface area contributed by atoms with E-state index in [0.29, 0.717) is 22.0 Å². The molecule has 0 heterocycles. The number of carbonyl (C=O) groups is 2. The van der Waals surface area contributed by atoms with Crippen LogP contribution in [-0.2, 0) is 0 Å². The van der Waals surface area contributed by atoms with Crippen LogP contribution in [0.25, 0.3) is 0 Å². The number of nitro benzene ring substituents is 1. The number of nitrogens with zero attached hydrogens (tertiary/aromatic N) is 2. The molecule has 3 aromatic carbocycles. The van der Waals surface area contributed by atoms with Gasteiger partial charge >= 0.3 is 0 Å². The fourth-order valence-electron chi connectivity index (χ4n) is 2.78. The minimum atomic E-state index is -0.710. The smallest absolute Gasteiger partial charge is 0.282 e. The summed E-state index contributed by atoms with van der Waals surface area (Å²) in [6.07, 6.45) is 0. The van der Waals surface area contributed by atoms with Crippen molar-refractivity contribution in [3.8, 4) is 0 Å². The van der Waals surface area contributed by atoms with Gasteiger partial charge in [0.1, 0.15) is 5.56 Å². The second-order valence-electron chi connectivity index (χ2n) is 6.57. The number of amides is 2. The maximum Gasteiger partial charge on any atom is 0.282 e. The minimum absolute atomic E-state index is 0.102. The topological polar surface area (TPSA) is 114 Å². The SMILES string of the molecule is C/C(=N\NC(=O)c1ccccc1[N+](=O)[O-])c1cccc(NC(=O)c2ccc(Cl)cc2Cl)c1. The molecule has 0 atom stereocenters. The third-order valence-corrected chi connectivity index (χ3v) is 4.93. The predicted molar refractivity (Wildman–Crippen MR) is 124 cm³/mol. The third kappa shape index (κ3) is 5.48. The molecule has 162 valence electrons. The standard InChI is InChI=1S/C22H16Cl2N4O4/c1-13(26-27-22(30)18-7-2-3-8-20(18)28(31)32)14-5-4-6-16(11-14)25-21(29)17-10-9-15(23)12-19(17)24/h2-12H,1H3,(H,25,29)(H,27,30)/b26-13+. The van der Waals surface area contributed by atoms with E-state index in [4.69, 9.17) is 23.2 Å². The van der Waals surface area contributed by atoms with Crippen LogP contribution in [0.15, 0.2) is 71.8 Å². The molecule has 0 saturated heterocycles. The number of halogens is 2. The lowest BCUT2D eigenvalue weighted by Gasteiger charge is -2.09. The Hall–Kier alpha value is -3.75. The van der Waals surface area contributed by atoms with Crippen molar-refractivity contribution in [1.82, 2.24) is 5.43 Å². The molecule has 2 amide bonds. The summed E-state index contributed by atoms with van der Waals surface area (Å²) in [6, 6.07) is 16.9. The van der Waals surface area contributed by atoms with Crippen LogP contribution in [-0.4, -0.2) is 22.4 Å². The number of hydrazone groups is 1. The lowest BCUT2D eigenvalue weighted by molar-refractivity contribution is -0.385. The van der Waals surface area contributed by atoms with Crippen molar-refractivity contribution >= 4 is 52.1 Å². The highest BCUT2D eigenvalue weighted by Gasteiger charge is 2.19. The monoisotopic (exact) mass is 470 g/mol. The molecule has 0 spiro atoms. The maximum absolute atomic E-state index is 12.5. The molecule has 0 bridgehead atoms. The van der Waals surface area contributed by atoms with Crippen LogP contribution in [0, 0.1) is 10.1 Å². The Bertz CT molecular complexity index is 1240. The first-order chi connectivity index (χ1) is 15.3. The van der Waals surface area contributed by atoms with E-state index in [2.05, 4.69) is 15.8 Å². The molecule has 0 fully saturated rings. The highest BCUT2D eigenvalue weighted by atomic mass is 35.5. The highest BCUT2D eigenvalue weighted by molar-refractivity contribution is 6.37. The molecule has 0 aliphatic heterocycles. The zero-order valence-corrected chi connectivity index (χ0v) is 18.1. The molecule has 10 heteroatoms. The first-order valence-corrected chi connectivity index (χ1v) is 9.96. The van der Waals surface area contributed by atoms with Gasteiger partial charge in [-0.1, -0.05) is 47.5 Å². The van der Waals surface area contributed by atoms with Gasteiger partial charge in [0, 0.05) is 16.8 Å². The quantitative estimate of drug-likeness (QED) is 0.288. The molecule has 3 rings (SSSR count). The van der Waals surface area contributed by atoms with Gasteiger partial charge in [-0.15, -0.1) is 0 Å². The molecule has 2 N–H and O–H groups in total. The van der Waals surface area contributed by atoms with E-state index in [1.165, 1.54) is 36.4 Å². The Morgan fingerprint density at radius 3 is 2.41 bits per heavy atom. The average Bonchev–Trinajstić information content (AvgIpc) is 2.77. The van der Waals surface area contributed by atoms with Gasteiger partial charge in [0.15, 0.2) is 0 Å². The van der Waals surface area contributed by atoms with Gasteiger partial charge in [0.2, 0.25) is 0 Å². The summed E-state index contributed by atoms with van der Waals surface area (Å²) in [6.45, 7) is 1.65. The summed E-state index contributed by atoms with van der Waals surface area (Å²) >= 11 is 11.9. The van der Waals surface area contributed by atoms with Crippen LogP contribution in [0.5, 0.6) is 0 Å². The maximum atomic E-state index is 12.5. The molecule has 0 radical (unpaired) electrons. The molecule has 0 aliphatic rings. The van der Waals surface area contributed by atoms with E-state index in [1.54, 1.807) is 37.3 Å². The van der Waals surface area contributed by atoms with Gasteiger partial charge in [0.25, 0.3) is 17.5 Å². The molecular formula is C22H16Cl2N4O4. The summed E-state index contributed by atoms with van der Waals surface area (Å²) in [5.41, 5.74) is 3.70. The normalized spacial score (nSPS) is 11.0. The van der Waals surface area contributed by atoms with Crippen molar-refractivity contribution < 1.29 is 14.5 Å². The lowest BCUT2D eigenvalue weighted by atomic mass is 10.1. The zero-order valence-electron chi connectivity index (χ0n) is 16.6. The number of benzene rings is 3. The van der Waals surface area contributed by atoms with Gasteiger partial charge < -0.3 is 5.32 Å². The number of nitro groups is 1. The molecule has 0 saturated carbocycles. The van der Waals surface area contributed by atoms with Gasteiger partial charge in [-0.25, -0.2) is 5.43 Å². The summed E-state index contributed by atoms with van der Waals surface area (Å²) in [5.74, 6) is -1.12. The average molecular weight is 471 g/mol. The Balaban J connectivity index is 1.74. The van der Waals surface area contributed by atoms with Crippen molar-refractivity contribution in [2.24, 2.45) is 5.10 Å². The van der Waals surface area contributed by atoms with Gasteiger partial charge in [-0.3, -0.25) is 19.7 Å². The Morgan fingerprint density at radius 2 is 1.69 bits per heavy atom. The molecule has 0 unspecified atom stereocenters. The lowest BCUT2D eigenvalue weighted by Crippen LogP contribution is -2.20. The second kappa shape index (κ2) is 10.0. The first-order valence-electron chi connectivity index (χ1n) is 9.21. The molecule has 0 aliphatic carbocycles. The molecule has 32 heavy (non-hydrogen) atoms. The second-order valence-corrected chi connectivity index (χ2v) is 7.42. The highest BCUT2D eigenvalue weighted by Crippen LogP contribution is 2.22. The largest absolute Gasteiger partial charge is 0.322 e. The van der Waals surface area contributed by atoms with Gasteiger partial charge in [0.05, 0.1) is 21.2 Å². The molecular weight excluding hydrogens is 455 g/mol. The number of hydrogen-bond acceptors (Lipinski definition) is 5.